The summed E-state index contributed by atoms with van der Waals surface area (Å²) in [5, 5.41) is 11.6. The number of benzene rings is 1. The highest BCUT2D eigenvalue weighted by atomic mass is 32.2. The molecule has 0 bridgehead atoms. The lowest BCUT2D eigenvalue weighted by Crippen LogP contribution is -2.14. The van der Waals surface area contributed by atoms with Crippen LogP contribution in [0.3, 0.4) is 0 Å². The number of sulfonamides is 1. The van der Waals surface area contributed by atoms with Gasteiger partial charge in [-0.25, -0.2) is 13.6 Å². The van der Waals surface area contributed by atoms with Crippen LogP contribution in [-0.4, -0.2) is 23.9 Å². The Kier molecular flexibility index (Phi) is 4.66. The van der Waals surface area contributed by atoms with Gasteiger partial charge in [0.05, 0.1) is 10.6 Å². The van der Waals surface area contributed by atoms with E-state index in [-0.39, 0.29) is 10.8 Å². The van der Waals surface area contributed by atoms with Crippen LogP contribution in [0.15, 0.2) is 29.2 Å². The van der Waals surface area contributed by atoms with Crippen LogP contribution < -0.4 is 10.5 Å². The summed E-state index contributed by atoms with van der Waals surface area (Å²) in [5.41, 5.74) is 1.14. The lowest BCUT2D eigenvalue weighted by molar-refractivity contribution is 0.102. The van der Waals surface area contributed by atoms with Crippen molar-refractivity contribution in [3.63, 3.8) is 0 Å². The minimum atomic E-state index is -3.74. The summed E-state index contributed by atoms with van der Waals surface area (Å²) in [4.78, 5) is 12.6. The Hall–Kier alpha value is -1.84. The molecule has 1 amide bonds. The first-order chi connectivity index (χ1) is 9.91. The molecule has 0 spiro atoms. The number of nitrogens with one attached hydrogen (secondary N) is 1. The summed E-state index contributed by atoms with van der Waals surface area (Å²) in [6, 6.07) is 5.63. The van der Waals surface area contributed by atoms with Crippen LogP contribution >= 0.6 is 11.5 Å². The molecule has 9 heteroatoms. The molecule has 0 radical (unpaired) electrons. The molecule has 112 valence electrons. The smallest absolute Gasteiger partial charge is 0.269 e. The van der Waals surface area contributed by atoms with E-state index in [4.69, 9.17) is 5.14 Å². The van der Waals surface area contributed by atoms with Gasteiger partial charge in [-0.15, -0.1) is 5.10 Å². The Bertz CT molecular complexity index is 738. The molecule has 2 aromatic rings. The number of aromatic nitrogens is 2. The summed E-state index contributed by atoms with van der Waals surface area (Å²) in [7, 11) is -3.74. The van der Waals surface area contributed by atoms with E-state index in [1.54, 1.807) is 0 Å². The number of nitrogens with two attached hydrogens (primary N) is 1. The third-order valence-electron chi connectivity index (χ3n) is 2.69. The zero-order valence-corrected chi connectivity index (χ0v) is 12.9. The highest BCUT2D eigenvalue weighted by Gasteiger charge is 2.16. The van der Waals surface area contributed by atoms with E-state index in [2.05, 4.69) is 14.9 Å². The average molecular weight is 326 g/mol. The largest absolute Gasteiger partial charge is 0.321 e. The molecule has 0 aliphatic heterocycles. The lowest BCUT2D eigenvalue weighted by Gasteiger charge is -2.05. The summed E-state index contributed by atoms with van der Waals surface area (Å²) in [6.45, 7) is 1.99. The van der Waals surface area contributed by atoms with Gasteiger partial charge in [0.15, 0.2) is 0 Å². The monoisotopic (exact) mass is 326 g/mol. The Morgan fingerprint density at radius 1 is 1.33 bits per heavy atom. The van der Waals surface area contributed by atoms with E-state index in [1.807, 2.05) is 6.92 Å². The zero-order chi connectivity index (χ0) is 15.5. The van der Waals surface area contributed by atoms with Crippen LogP contribution in [0.4, 0.5) is 5.69 Å². The second-order valence-corrected chi connectivity index (χ2v) is 6.64. The SMILES string of the molecule is CCCc1nnsc1C(=O)Nc1ccc(S(N)(=O)=O)cc1. The number of primary sulfonamides is 1. The number of carbonyl (C=O) groups excluding carboxylic acids is 1. The standard InChI is InChI=1S/C12H14N4O3S2/c1-2-3-10-11(20-16-15-10)12(17)14-8-4-6-9(7-5-8)21(13,18)19/h4-7H,2-3H2,1H3,(H,14,17)(H2,13,18,19). The van der Waals surface area contributed by atoms with Crippen LogP contribution in [0.1, 0.15) is 28.7 Å². The molecule has 0 fully saturated rings. The van der Waals surface area contributed by atoms with E-state index in [1.165, 1.54) is 24.3 Å². The van der Waals surface area contributed by atoms with Gasteiger partial charge >= 0.3 is 0 Å². The third-order valence-corrected chi connectivity index (χ3v) is 4.39. The molecule has 0 aliphatic carbocycles. The number of nitrogens with zero attached hydrogens (tertiary/aromatic N) is 2. The number of hydrogen-bond acceptors (Lipinski definition) is 6. The van der Waals surface area contributed by atoms with Crippen molar-refractivity contribution in [3.8, 4) is 0 Å². The first-order valence-electron chi connectivity index (χ1n) is 6.17. The number of aryl methyl sites for hydroxylation is 1. The first kappa shape index (κ1) is 15.5. The van der Waals surface area contributed by atoms with Crippen LogP contribution in [0.25, 0.3) is 0 Å². The van der Waals surface area contributed by atoms with Gasteiger partial charge in [-0.05, 0) is 42.2 Å². The normalized spacial score (nSPS) is 11.3. The van der Waals surface area contributed by atoms with E-state index in [0.29, 0.717) is 22.7 Å². The predicted molar refractivity (Wildman–Crippen MR) is 79.7 cm³/mol. The number of hydrogen-bond donors (Lipinski definition) is 2. The second kappa shape index (κ2) is 6.29. The highest BCUT2D eigenvalue weighted by Crippen LogP contribution is 2.17. The quantitative estimate of drug-likeness (QED) is 0.861. The fourth-order valence-electron chi connectivity index (χ4n) is 1.70. The Labute approximate surface area is 126 Å². The molecule has 0 atom stereocenters. The summed E-state index contributed by atoms with van der Waals surface area (Å²) < 4.78 is 26.1. The number of anilines is 1. The molecule has 1 aromatic carbocycles. The average Bonchev–Trinajstić information content (AvgIpc) is 2.87. The maximum atomic E-state index is 12.1. The van der Waals surface area contributed by atoms with Crippen LogP contribution in [0.5, 0.6) is 0 Å². The number of carbonyl (C=O) groups is 1. The van der Waals surface area contributed by atoms with Crippen molar-refractivity contribution >= 4 is 33.2 Å². The minimum absolute atomic E-state index is 0.00775. The first-order valence-corrected chi connectivity index (χ1v) is 8.49. The molecule has 2 rings (SSSR count). The third kappa shape index (κ3) is 3.84. The van der Waals surface area contributed by atoms with E-state index in [9.17, 15) is 13.2 Å². The van der Waals surface area contributed by atoms with E-state index >= 15 is 0 Å². The minimum Gasteiger partial charge on any atom is -0.321 e. The van der Waals surface area contributed by atoms with Gasteiger partial charge in [-0.2, -0.15) is 0 Å². The Balaban J connectivity index is 2.14. The maximum Gasteiger partial charge on any atom is 0.269 e. The van der Waals surface area contributed by atoms with Crippen LogP contribution in [0.2, 0.25) is 0 Å². The molecule has 1 aromatic heterocycles. The molecule has 0 aliphatic rings. The van der Waals surface area contributed by atoms with Gasteiger partial charge in [-0.1, -0.05) is 17.8 Å². The van der Waals surface area contributed by atoms with Crippen molar-refractivity contribution in [3.05, 3.63) is 34.8 Å². The summed E-state index contributed by atoms with van der Waals surface area (Å²) >= 11 is 1.04. The molecule has 1 heterocycles. The molecule has 7 nitrogen and oxygen atoms in total. The molecular formula is C12H14N4O3S2. The van der Waals surface area contributed by atoms with Gasteiger partial charge in [0, 0.05) is 5.69 Å². The molecule has 0 saturated carbocycles. The van der Waals surface area contributed by atoms with Gasteiger partial charge in [0.2, 0.25) is 10.0 Å². The summed E-state index contributed by atoms with van der Waals surface area (Å²) in [5.74, 6) is -0.309. The fraction of sp³-hybridized carbons (Fsp3) is 0.250. The molecule has 3 N–H and O–H groups in total. The molecule has 0 saturated heterocycles. The zero-order valence-electron chi connectivity index (χ0n) is 11.2. The van der Waals surface area contributed by atoms with Gasteiger partial charge < -0.3 is 5.32 Å². The van der Waals surface area contributed by atoms with Gasteiger partial charge in [0.1, 0.15) is 4.88 Å². The number of amides is 1. The van der Waals surface area contributed by atoms with Gasteiger partial charge in [0.25, 0.3) is 5.91 Å². The van der Waals surface area contributed by atoms with Crippen molar-refractivity contribution in [1.29, 1.82) is 0 Å². The highest BCUT2D eigenvalue weighted by molar-refractivity contribution is 7.89. The van der Waals surface area contributed by atoms with E-state index in [0.717, 1.165) is 18.0 Å². The Morgan fingerprint density at radius 3 is 2.57 bits per heavy atom. The van der Waals surface area contributed by atoms with Gasteiger partial charge in [-0.3, -0.25) is 4.79 Å². The molecule has 21 heavy (non-hydrogen) atoms. The van der Waals surface area contributed by atoms with E-state index < -0.39 is 10.0 Å². The van der Waals surface area contributed by atoms with Crippen LogP contribution in [-0.2, 0) is 16.4 Å². The van der Waals surface area contributed by atoms with Crippen molar-refractivity contribution in [2.24, 2.45) is 5.14 Å². The summed E-state index contributed by atoms with van der Waals surface area (Å²) in [6.07, 6.45) is 1.55. The molecular weight excluding hydrogens is 312 g/mol. The van der Waals surface area contributed by atoms with Crippen molar-refractivity contribution < 1.29 is 13.2 Å². The fourth-order valence-corrected chi connectivity index (χ4v) is 2.82. The van der Waals surface area contributed by atoms with Crippen LogP contribution in [0, 0.1) is 0 Å². The topological polar surface area (TPSA) is 115 Å². The molecule has 0 unspecified atom stereocenters. The lowest BCUT2D eigenvalue weighted by atomic mass is 10.2. The Morgan fingerprint density at radius 2 is 2.00 bits per heavy atom. The maximum absolute atomic E-state index is 12.1. The van der Waals surface area contributed by atoms with Crippen molar-refractivity contribution in [2.45, 2.75) is 24.7 Å². The van der Waals surface area contributed by atoms with Crippen molar-refractivity contribution in [1.82, 2.24) is 9.59 Å². The van der Waals surface area contributed by atoms with Crippen molar-refractivity contribution in [2.75, 3.05) is 5.32 Å². The number of rotatable bonds is 5. The second-order valence-electron chi connectivity index (χ2n) is 4.32. The predicted octanol–water partition coefficient (Wildman–Crippen LogP) is 1.39.